The number of hydrogen-bond donors (Lipinski definition) is 1. The summed E-state index contributed by atoms with van der Waals surface area (Å²) in [6.45, 7) is 0. The summed E-state index contributed by atoms with van der Waals surface area (Å²) in [7, 11) is 2.99. The van der Waals surface area contributed by atoms with Crippen LogP contribution < -0.4 is 19.6 Å². The second-order valence-electron chi connectivity index (χ2n) is 7.48. The maximum absolute atomic E-state index is 12.9. The Morgan fingerprint density at radius 1 is 0.861 bits per heavy atom. The van der Waals surface area contributed by atoms with Gasteiger partial charge in [-0.3, -0.25) is 4.79 Å². The summed E-state index contributed by atoms with van der Waals surface area (Å²) >= 11 is 12.0. The van der Waals surface area contributed by atoms with E-state index in [2.05, 4.69) is 10.5 Å². The molecule has 0 saturated carbocycles. The molecule has 7 nitrogen and oxygen atoms in total. The molecule has 36 heavy (non-hydrogen) atoms. The molecule has 9 heteroatoms. The minimum absolute atomic E-state index is 0.199. The SMILES string of the molecule is COc1ccc(C(=O)Oc2ccc3ccccc3c2/C=N\NC(=O)c2ccc(Cl)cc2Cl)cc1OC. The smallest absolute Gasteiger partial charge is 0.343 e. The third kappa shape index (κ3) is 5.43. The molecule has 0 aromatic heterocycles. The van der Waals surface area contributed by atoms with E-state index in [1.165, 1.54) is 38.6 Å². The van der Waals surface area contributed by atoms with Crippen LogP contribution >= 0.6 is 23.2 Å². The number of hydrogen-bond acceptors (Lipinski definition) is 6. The maximum Gasteiger partial charge on any atom is 0.343 e. The maximum atomic E-state index is 12.9. The Hall–Kier alpha value is -4.07. The number of esters is 1. The van der Waals surface area contributed by atoms with E-state index >= 15 is 0 Å². The van der Waals surface area contributed by atoms with Gasteiger partial charge in [0.15, 0.2) is 11.5 Å². The minimum Gasteiger partial charge on any atom is -0.493 e. The highest BCUT2D eigenvalue weighted by molar-refractivity contribution is 6.36. The highest BCUT2D eigenvalue weighted by atomic mass is 35.5. The van der Waals surface area contributed by atoms with Crippen LogP contribution in [0.2, 0.25) is 10.0 Å². The van der Waals surface area contributed by atoms with E-state index in [4.69, 9.17) is 37.4 Å². The number of carbonyl (C=O) groups excluding carboxylic acids is 2. The van der Waals surface area contributed by atoms with Gasteiger partial charge in [-0.15, -0.1) is 0 Å². The summed E-state index contributed by atoms with van der Waals surface area (Å²) in [6, 6.07) is 20.3. The van der Waals surface area contributed by atoms with E-state index in [-0.39, 0.29) is 21.9 Å². The molecule has 182 valence electrons. The van der Waals surface area contributed by atoms with Crippen molar-refractivity contribution in [1.82, 2.24) is 5.43 Å². The molecule has 0 unspecified atom stereocenters. The summed E-state index contributed by atoms with van der Waals surface area (Å²) in [4.78, 5) is 25.5. The quantitative estimate of drug-likeness (QED) is 0.136. The van der Waals surface area contributed by atoms with Crippen molar-refractivity contribution in [3.8, 4) is 17.2 Å². The summed E-state index contributed by atoms with van der Waals surface area (Å²) in [5.41, 5.74) is 3.44. The second kappa shape index (κ2) is 11.1. The van der Waals surface area contributed by atoms with Gasteiger partial charge in [0, 0.05) is 10.6 Å². The molecule has 1 N–H and O–H groups in total. The van der Waals surface area contributed by atoms with E-state index in [9.17, 15) is 9.59 Å². The fraction of sp³-hybridized carbons (Fsp3) is 0.0741. The molecule has 4 aromatic rings. The van der Waals surface area contributed by atoms with Gasteiger partial charge in [-0.25, -0.2) is 10.2 Å². The highest BCUT2D eigenvalue weighted by Crippen LogP contribution is 2.30. The van der Waals surface area contributed by atoms with E-state index < -0.39 is 11.9 Å². The first-order valence-electron chi connectivity index (χ1n) is 10.7. The van der Waals surface area contributed by atoms with Crippen molar-refractivity contribution in [1.29, 1.82) is 0 Å². The van der Waals surface area contributed by atoms with Crippen molar-refractivity contribution in [3.63, 3.8) is 0 Å². The van der Waals surface area contributed by atoms with Crippen LogP contribution in [-0.2, 0) is 0 Å². The Bertz CT molecular complexity index is 1490. The molecule has 4 rings (SSSR count). The number of amides is 1. The van der Waals surface area contributed by atoms with Crippen LogP contribution in [0.15, 0.2) is 77.9 Å². The summed E-state index contributed by atoms with van der Waals surface area (Å²) in [5, 5.41) is 6.37. The van der Waals surface area contributed by atoms with Gasteiger partial charge in [-0.2, -0.15) is 5.10 Å². The molecule has 4 aromatic carbocycles. The minimum atomic E-state index is -0.599. The number of rotatable bonds is 7. The topological polar surface area (TPSA) is 86.2 Å². The first-order chi connectivity index (χ1) is 17.4. The fourth-order valence-electron chi connectivity index (χ4n) is 3.51. The Kier molecular flexibility index (Phi) is 7.73. The van der Waals surface area contributed by atoms with Crippen molar-refractivity contribution < 1.29 is 23.8 Å². The van der Waals surface area contributed by atoms with E-state index in [1.54, 1.807) is 24.3 Å². The Balaban J connectivity index is 1.63. The van der Waals surface area contributed by atoms with Gasteiger partial charge in [0.2, 0.25) is 0 Å². The third-order valence-electron chi connectivity index (χ3n) is 5.29. The Morgan fingerprint density at radius 2 is 1.61 bits per heavy atom. The van der Waals surface area contributed by atoms with Gasteiger partial charge in [0.1, 0.15) is 5.75 Å². The number of benzene rings is 4. The lowest BCUT2D eigenvalue weighted by molar-refractivity contribution is 0.0734. The standard InChI is InChI=1S/C27H20Cl2N2O5/c1-34-24-12-8-17(13-25(24)35-2)27(33)36-23-11-7-16-5-3-4-6-19(16)21(23)15-30-31-26(32)20-10-9-18(28)14-22(20)29/h3-15H,1-2H3,(H,31,32)/b30-15-. The van der Waals surface area contributed by atoms with Crippen LogP contribution in [0.25, 0.3) is 10.8 Å². The van der Waals surface area contributed by atoms with Crippen molar-refractivity contribution in [2.45, 2.75) is 0 Å². The van der Waals surface area contributed by atoms with E-state index in [0.717, 1.165) is 10.8 Å². The molecule has 0 aliphatic rings. The van der Waals surface area contributed by atoms with Crippen LogP contribution in [0.4, 0.5) is 0 Å². The van der Waals surface area contributed by atoms with Crippen LogP contribution in [-0.4, -0.2) is 32.3 Å². The molecule has 0 radical (unpaired) electrons. The predicted octanol–water partition coefficient (Wildman–Crippen LogP) is 6.15. The van der Waals surface area contributed by atoms with Crippen molar-refractivity contribution in [2.75, 3.05) is 14.2 Å². The van der Waals surface area contributed by atoms with Gasteiger partial charge in [-0.1, -0.05) is 53.5 Å². The monoisotopic (exact) mass is 522 g/mol. The predicted molar refractivity (Wildman–Crippen MR) is 140 cm³/mol. The Morgan fingerprint density at radius 3 is 2.36 bits per heavy atom. The number of ether oxygens (including phenoxy) is 3. The average molecular weight is 523 g/mol. The van der Waals surface area contributed by atoms with Crippen LogP contribution in [0.3, 0.4) is 0 Å². The van der Waals surface area contributed by atoms with E-state index in [1.807, 2.05) is 30.3 Å². The highest BCUT2D eigenvalue weighted by Gasteiger charge is 2.16. The number of methoxy groups -OCH3 is 2. The van der Waals surface area contributed by atoms with Gasteiger partial charge in [0.05, 0.1) is 36.6 Å². The van der Waals surface area contributed by atoms with Crippen LogP contribution in [0.5, 0.6) is 17.2 Å². The zero-order valence-electron chi connectivity index (χ0n) is 19.2. The van der Waals surface area contributed by atoms with Crippen LogP contribution in [0.1, 0.15) is 26.3 Å². The molecule has 0 spiro atoms. The van der Waals surface area contributed by atoms with Crippen molar-refractivity contribution in [2.24, 2.45) is 5.10 Å². The number of nitrogens with one attached hydrogen (secondary N) is 1. The zero-order chi connectivity index (χ0) is 25.7. The van der Waals surface area contributed by atoms with Gasteiger partial charge >= 0.3 is 5.97 Å². The molecular formula is C27H20Cl2N2O5. The molecular weight excluding hydrogens is 503 g/mol. The largest absolute Gasteiger partial charge is 0.493 e. The van der Waals surface area contributed by atoms with Gasteiger partial charge in [0.25, 0.3) is 5.91 Å². The molecule has 0 aliphatic heterocycles. The van der Waals surface area contributed by atoms with Gasteiger partial charge in [-0.05, 0) is 53.2 Å². The first kappa shape index (κ1) is 25.0. The number of hydrazone groups is 1. The average Bonchev–Trinajstić information content (AvgIpc) is 2.89. The molecule has 1 amide bonds. The van der Waals surface area contributed by atoms with Crippen molar-refractivity contribution in [3.05, 3.63) is 99.5 Å². The molecule has 0 saturated heterocycles. The summed E-state index contributed by atoms with van der Waals surface area (Å²) in [6.07, 6.45) is 1.42. The zero-order valence-corrected chi connectivity index (χ0v) is 20.8. The summed E-state index contributed by atoms with van der Waals surface area (Å²) in [5.74, 6) is 0.0332. The number of fused-ring (bicyclic) bond motifs is 1. The third-order valence-corrected chi connectivity index (χ3v) is 5.84. The summed E-state index contributed by atoms with van der Waals surface area (Å²) < 4.78 is 16.2. The molecule has 0 bridgehead atoms. The van der Waals surface area contributed by atoms with E-state index in [0.29, 0.717) is 22.1 Å². The van der Waals surface area contributed by atoms with Gasteiger partial charge < -0.3 is 14.2 Å². The van der Waals surface area contributed by atoms with Crippen molar-refractivity contribution >= 4 is 52.1 Å². The molecule has 0 fully saturated rings. The molecule has 0 aliphatic carbocycles. The lowest BCUT2D eigenvalue weighted by Gasteiger charge is -2.12. The number of halogens is 2. The first-order valence-corrected chi connectivity index (χ1v) is 11.4. The molecule has 0 atom stereocenters. The molecule has 0 heterocycles. The second-order valence-corrected chi connectivity index (χ2v) is 8.32. The Labute approximate surface area is 217 Å². The lowest BCUT2D eigenvalue weighted by atomic mass is 10.0. The fourth-order valence-corrected chi connectivity index (χ4v) is 4.00. The number of nitrogens with zero attached hydrogens (tertiary/aromatic N) is 1. The van der Waals surface area contributed by atoms with Crippen LogP contribution in [0, 0.1) is 0 Å². The normalized spacial score (nSPS) is 10.9. The lowest BCUT2D eigenvalue weighted by Crippen LogP contribution is -2.18. The number of carbonyl (C=O) groups is 2.